The number of pyridine rings is 1. The molecule has 9 heteroatoms. The second-order valence-corrected chi connectivity index (χ2v) is 12.4. The van der Waals surface area contributed by atoms with E-state index in [1.54, 1.807) is 52.7 Å². The Bertz CT molecular complexity index is 1640. The minimum Gasteiger partial charge on any atom is -0.497 e. The van der Waals surface area contributed by atoms with Gasteiger partial charge in [-0.05, 0) is 68.7 Å². The maximum Gasteiger partial charge on any atom is 0.316 e. The quantitative estimate of drug-likeness (QED) is 0.174. The predicted octanol–water partition coefficient (Wildman–Crippen LogP) is 5.78. The summed E-state index contributed by atoms with van der Waals surface area (Å²) in [6.07, 6.45) is -0.360. The molecule has 2 unspecified atom stereocenters. The van der Waals surface area contributed by atoms with Crippen LogP contribution in [-0.4, -0.2) is 48.7 Å². The van der Waals surface area contributed by atoms with Gasteiger partial charge in [-0.25, -0.2) is 0 Å². The zero-order valence-electron chi connectivity index (χ0n) is 27.1. The second-order valence-electron chi connectivity index (χ2n) is 12.4. The van der Waals surface area contributed by atoms with Crippen LogP contribution in [0.4, 0.5) is 0 Å². The molecular formula is C37H41NO8. The molecule has 0 amide bonds. The van der Waals surface area contributed by atoms with Gasteiger partial charge >= 0.3 is 5.97 Å². The first-order chi connectivity index (χ1) is 22.0. The van der Waals surface area contributed by atoms with Crippen molar-refractivity contribution >= 4 is 5.97 Å². The SMILES string of the molecule is COc1ccc(C(OCC2O[C@@H](n3ccc(=O)c(OC(=O)C(C)(C)C)c3C)CC2O)(c2ccccc2)c2ccc(OC)cc2)cc1. The van der Waals surface area contributed by atoms with E-state index in [-0.39, 0.29) is 18.8 Å². The maximum atomic E-state index is 12.7. The Hall–Kier alpha value is -4.44. The van der Waals surface area contributed by atoms with Crippen molar-refractivity contribution in [3.8, 4) is 17.2 Å². The Balaban J connectivity index is 1.49. The van der Waals surface area contributed by atoms with Crippen molar-refractivity contribution in [1.82, 2.24) is 4.57 Å². The van der Waals surface area contributed by atoms with Gasteiger partial charge in [0.15, 0.2) is 5.75 Å². The highest BCUT2D eigenvalue weighted by atomic mass is 16.6. The van der Waals surface area contributed by atoms with E-state index in [1.807, 2.05) is 78.9 Å². The average molecular weight is 628 g/mol. The third kappa shape index (κ3) is 6.58. The summed E-state index contributed by atoms with van der Waals surface area (Å²) in [5.41, 5.74) is 0.751. The fourth-order valence-electron chi connectivity index (χ4n) is 5.63. The number of ether oxygens (including phenoxy) is 5. The molecule has 0 aliphatic carbocycles. The molecule has 0 spiro atoms. The summed E-state index contributed by atoms with van der Waals surface area (Å²) in [5.74, 6) is 0.851. The zero-order chi connectivity index (χ0) is 33.1. The van der Waals surface area contributed by atoms with Crippen LogP contribution in [0.5, 0.6) is 17.2 Å². The molecule has 0 radical (unpaired) electrons. The number of nitrogens with zero attached hydrogens (tertiary/aromatic N) is 1. The topological polar surface area (TPSA) is 105 Å². The van der Waals surface area contributed by atoms with Crippen molar-refractivity contribution < 1.29 is 33.6 Å². The van der Waals surface area contributed by atoms with Gasteiger partial charge in [-0.1, -0.05) is 54.6 Å². The van der Waals surface area contributed by atoms with Gasteiger partial charge in [0.1, 0.15) is 29.4 Å². The number of benzene rings is 3. The summed E-state index contributed by atoms with van der Waals surface area (Å²) in [6, 6.07) is 26.6. The molecule has 2 heterocycles. The van der Waals surface area contributed by atoms with Crippen molar-refractivity contribution in [2.45, 2.75) is 58.2 Å². The highest BCUT2D eigenvalue weighted by Crippen LogP contribution is 2.43. The second kappa shape index (κ2) is 13.5. The van der Waals surface area contributed by atoms with E-state index < -0.39 is 40.8 Å². The van der Waals surface area contributed by atoms with Crippen molar-refractivity contribution in [3.63, 3.8) is 0 Å². The van der Waals surface area contributed by atoms with Crippen LogP contribution in [0.3, 0.4) is 0 Å². The van der Waals surface area contributed by atoms with Crippen LogP contribution < -0.4 is 19.6 Å². The Morgan fingerprint density at radius 2 is 1.41 bits per heavy atom. The van der Waals surface area contributed by atoms with Gasteiger partial charge in [0.05, 0.1) is 38.0 Å². The van der Waals surface area contributed by atoms with E-state index in [2.05, 4.69) is 0 Å². The number of aliphatic hydroxyl groups is 1. The van der Waals surface area contributed by atoms with E-state index in [1.165, 1.54) is 6.07 Å². The lowest BCUT2D eigenvalue weighted by atomic mass is 9.80. The number of rotatable bonds is 10. The number of carbonyl (C=O) groups excluding carboxylic acids is 1. The van der Waals surface area contributed by atoms with Crippen molar-refractivity contribution in [2.24, 2.45) is 5.41 Å². The molecule has 1 aliphatic heterocycles. The Morgan fingerprint density at radius 3 is 1.93 bits per heavy atom. The molecule has 3 atom stereocenters. The standard InChI is InChI=1S/C37H41NO8/c1-24-34(46-35(41)36(2,3)4)30(39)20-21-38(24)33-22-31(40)32(45-33)23-44-37(25-10-8-7-9-11-25,26-12-16-28(42-5)17-13-26)27-14-18-29(43-6)19-15-27/h7-21,31-33,40H,22-23H2,1-6H3/t31?,32?,33-/m1/s1. The molecule has 5 rings (SSSR count). The normalized spacial score (nSPS) is 18.3. The fraction of sp³-hybridized carbons (Fsp3) is 0.351. The lowest BCUT2D eigenvalue weighted by Crippen LogP contribution is -2.38. The highest BCUT2D eigenvalue weighted by Gasteiger charge is 2.42. The monoisotopic (exact) mass is 627 g/mol. The summed E-state index contributed by atoms with van der Waals surface area (Å²) in [5, 5.41) is 11.2. The lowest BCUT2D eigenvalue weighted by Gasteiger charge is -2.37. The number of aliphatic hydroxyl groups excluding tert-OH is 1. The van der Waals surface area contributed by atoms with Gasteiger partial charge in [0.25, 0.3) is 0 Å². The number of hydrogen-bond donors (Lipinski definition) is 1. The zero-order valence-corrected chi connectivity index (χ0v) is 27.1. The van der Waals surface area contributed by atoms with Crippen LogP contribution in [0.1, 0.15) is 55.8 Å². The number of aromatic nitrogens is 1. The van der Waals surface area contributed by atoms with Gasteiger partial charge in [-0.3, -0.25) is 9.59 Å². The van der Waals surface area contributed by atoms with Crippen LogP contribution in [0.15, 0.2) is 95.9 Å². The number of hydrogen-bond acceptors (Lipinski definition) is 8. The summed E-state index contributed by atoms with van der Waals surface area (Å²) >= 11 is 0. The maximum absolute atomic E-state index is 12.7. The van der Waals surface area contributed by atoms with Crippen molar-refractivity contribution in [3.05, 3.63) is 124 Å². The van der Waals surface area contributed by atoms with Gasteiger partial charge in [-0.2, -0.15) is 0 Å². The first kappa shape index (κ1) is 32.9. The molecule has 9 nitrogen and oxygen atoms in total. The molecule has 46 heavy (non-hydrogen) atoms. The average Bonchev–Trinajstić information content (AvgIpc) is 3.43. The minimum absolute atomic E-state index is 0.0374. The Labute approximate surface area is 269 Å². The molecule has 1 aromatic heterocycles. The molecule has 1 fully saturated rings. The van der Waals surface area contributed by atoms with Gasteiger partial charge in [0, 0.05) is 18.7 Å². The minimum atomic E-state index is -1.08. The molecule has 0 bridgehead atoms. The smallest absolute Gasteiger partial charge is 0.316 e. The summed E-state index contributed by atoms with van der Waals surface area (Å²) in [4.78, 5) is 25.3. The molecular weight excluding hydrogens is 586 g/mol. The van der Waals surface area contributed by atoms with Crippen molar-refractivity contribution in [2.75, 3.05) is 20.8 Å². The van der Waals surface area contributed by atoms with Crippen LogP contribution in [-0.2, 0) is 19.9 Å². The highest BCUT2D eigenvalue weighted by molar-refractivity contribution is 5.78. The third-order valence-electron chi connectivity index (χ3n) is 8.29. The van der Waals surface area contributed by atoms with Crippen LogP contribution in [0.2, 0.25) is 0 Å². The summed E-state index contributed by atoms with van der Waals surface area (Å²) < 4.78 is 31.5. The van der Waals surface area contributed by atoms with Gasteiger partial charge in [-0.15, -0.1) is 0 Å². The molecule has 0 saturated carbocycles. The largest absolute Gasteiger partial charge is 0.497 e. The predicted molar refractivity (Wildman–Crippen MR) is 173 cm³/mol. The Morgan fingerprint density at radius 1 is 0.870 bits per heavy atom. The van der Waals surface area contributed by atoms with Crippen LogP contribution in [0.25, 0.3) is 0 Å². The molecule has 1 saturated heterocycles. The molecule has 4 aromatic rings. The van der Waals surface area contributed by atoms with E-state index >= 15 is 0 Å². The fourth-order valence-corrected chi connectivity index (χ4v) is 5.63. The number of carbonyl (C=O) groups is 1. The van der Waals surface area contributed by atoms with E-state index in [0.717, 1.165) is 16.7 Å². The van der Waals surface area contributed by atoms with Gasteiger partial charge in [0.2, 0.25) is 5.43 Å². The van der Waals surface area contributed by atoms with E-state index in [9.17, 15) is 14.7 Å². The van der Waals surface area contributed by atoms with Crippen LogP contribution in [0, 0.1) is 12.3 Å². The van der Waals surface area contributed by atoms with Crippen LogP contribution >= 0.6 is 0 Å². The molecule has 242 valence electrons. The third-order valence-corrected chi connectivity index (χ3v) is 8.29. The molecule has 1 aliphatic rings. The Kier molecular flexibility index (Phi) is 9.67. The van der Waals surface area contributed by atoms with Gasteiger partial charge < -0.3 is 33.4 Å². The summed E-state index contributed by atoms with van der Waals surface area (Å²) in [6.45, 7) is 6.90. The number of methoxy groups -OCH3 is 2. The summed E-state index contributed by atoms with van der Waals surface area (Å²) in [7, 11) is 3.24. The number of esters is 1. The lowest BCUT2D eigenvalue weighted by molar-refractivity contribution is -0.143. The molecule has 3 aromatic carbocycles. The first-order valence-electron chi connectivity index (χ1n) is 15.2. The van der Waals surface area contributed by atoms with E-state index in [4.69, 9.17) is 23.7 Å². The first-order valence-corrected chi connectivity index (χ1v) is 15.2. The molecule has 1 N–H and O–H groups in total. The van der Waals surface area contributed by atoms with E-state index in [0.29, 0.717) is 17.2 Å². The van der Waals surface area contributed by atoms with Crippen molar-refractivity contribution in [1.29, 1.82) is 0 Å².